The molecule has 9 nitrogen and oxygen atoms in total. The van der Waals surface area contributed by atoms with E-state index in [2.05, 4.69) is 9.97 Å². The lowest BCUT2D eigenvalue weighted by molar-refractivity contribution is -0.690. The number of quaternary nitrogens is 1. The molecule has 0 saturated heterocycles. The Kier molecular flexibility index (Phi) is 4.75. The summed E-state index contributed by atoms with van der Waals surface area (Å²) in [6.45, 7) is 0.725. The van der Waals surface area contributed by atoms with E-state index < -0.39 is 17.3 Å². The van der Waals surface area contributed by atoms with Crippen LogP contribution in [0.15, 0.2) is 52.1 Å². The van der Waals surface area contributed by atoms with Crippen molar-refractivity contribution in [2.75, 3.05) is 20.8 Å². The van der Waals surface area contributed by atoms with Crippen LogP contribution >= 0.6 is 0 Å². The quantitative estimate of drug-likeness (QED) is 0.380. The number of rotatable bonds is 4. The third-order valence-electron chi connectivity index (χ3n) is 6.02. The zero-order valence-corrected chi connectivity index (χ0v) is 17.6. The summed E-state index contributed by atoms with van der Waals surface area (Å²) in [5.41, 5.74) is 2.06. The van der Waals surface area contributed by atoms with Gasteiger partial charge in [-0.05, 0) is 48.0 Å². The predicted molar refractivity (Wildman–Crippen MR) is 118 cm³/mol. The van der Waals surface area contributed by atoms with E-state index in [1.807, 2.05) is 23.5 Å². The SMILES string of the molecule is COc1ccc(-n2c(O)c([C@@H]3[NH2+]CCc4c3[nH]c3ccc(OC)cc43)c(=O)[nH]c2=O)cc1. The average Bonchev–Trinajstić information content (AvgIpc) is 3.18. The van der Waals surface area contributed by atoms with Crippen molar-refractivity contribution in [3.63, 3.8) is 0 Å². The molecule has 0 aliphatic carbocycles. The maximum absolute atomic E-state index is 12.9. The fourth-order valence-electron chi connectivity index (χ4n) is 4.47. The average molecular weight is 435 g/mol. The van der Waals surface area contributed by atoms with Crippen molar-refractivity contribution in [2.24, 2.45) is 0 Å². The van der Waals surface area contributed by atoms with Gasteiger partial charge in [-0.3, -0.25) is 9.78 Å². The zero-order chi connectivity index (χ0) is 22.4. The highest BCUT2D eigenvalue weighted by Crippen LogP contribution is 2.34. The Hall–Kier alpha value is -3.98. The minimum atomic E-state index is -0.709. The highest BCUT2D eigenvalue weighted by Gasteiger charge is 2.34. The van der Waals surface area contributed by atoms with Gasteiger partial charge in [-0.15, -0.1) is 0 Å². The summed E-state index contributed by atoms with van der Waals surface area (Å²) in [5.74, 6) is 0.984. The van der Waals surface area contributed by atoms with Crippen molar-refractivity contribution in [3.8, 4) is 23.1 Å². The van der Waals surface area contributed by atoms with Gasteiger partial charge in [0.25, 0.3) is 5.56 Å². The Morgan fingerprint density at radius 3 is 2.47 bits per heavy atom. The number of H-pyrrole nitrogens is 2. The molecule has 2 aromatic heterocycles. The van der Waals surface area contributed by atoms with Crippen LogP contribution in [0.5, 0.6) is 17.4 Å². The molecule has 164 valence electrons. The van der Waals surface area contributed by atoms with Crippen molar-refractivity contribution in [2.45, 2.75) is 12.5 Å². The molecule has 5 N–H and O–H groups in total. The number of aromatic nitrogens is 3. The number of hydrogen-bond donors (Lipinski definition) is 4. The maximum Gasteiger partial charge on any atom is 0.335 e. The summed E-state index contributed by atoms with van der Waals surface area (Å²) >= 11 is 0. The lowest BCUT2D eigenvalue weighted by atomic mass is 9.95. The first-order valence-electron chi connectivity index (χ1n) is 10.3. The van der Waals surface area contributed by atoms with E-state index >= 15 is 0 Å². The summed E-state index contributed by atoms with van der Waals surface area (Å²) < 4.78 is 11.6. The smallest absolute Gasteiger partial charge is 0.335 e. The predicted octanol–water partition coefficient (Wildman–Crippen LogP) is 0.939. The van der Waals surface area contributed by atoms with Gasteiger partial charge in [0, 0.05) is 17.3 Å². The molecule has 4 aromatic rings. The molecule has 32 heavy (non-hydrogen) atoms. The highest BCUT2D eigenvalue weighted by molar-refractivity contribution is 5.86. The second kappa shape index (κ2) is 7.61. The molecule has 2 aromatic carbocycles. The molecule has 5 rings (SSSR count). The van der Waals surface area contributed by atoms with Crippen LogP contribution in [-0.2, 0) is 6.42 Å². The summed E-state index contributed by atoms with van der Waals surface area (Å²) in [4.78, 5) is 31.2. The van der Waals surface area contributed by atoms with E-state index in [0.717, 1.165) is 45.4 Å². The molecule has 0 bridgehead atoms. The van der Waals surface area contributed by atoms with Crippen LogP contribution in [0.4, 0.5) is 0 Å². The van der Waals surface area contributed by atoms with Crippen LogP contribution in [0.1, 0.15) is 22.9 Å². The molecule has 0 amide bonds. The number of nitrogens with zero attached hydrogens (tertiary/aromatic N) is 1. The van der Waals surface area contributed by atoms with E-state index in [9.17, 15) is 14.7 Å². The van der Waals surface area contributed by atoms with Crippen LogP contribution < -0.4 is 26.0 Å². The molecule has 0 saturated carbocycles. The molecule has 0 radical (unpaired) electrons. The fraction of sp³-hybridized carbons (Fsp3) is 0.217. The second-order valence-corrected chi connectivity index (χ2v) is 7.71. The van der Waals surface area contributed by atoms with Crippen molar-refractivity contribution in [3.05, 3.63) is 80.1 Å². The number of aromatic hydroxyl groups is 1. The van der Waals surface area contributed by atoms with Crippen LogP contribution in [0.3, 0.4) is 0 Å². The van der Waals surface area contributed by atoms with Gasteiger partial charge in [-0.25, -0.2) is 9.36 Å². The van der Waals surface area contributed by atoms with Crippen LogP contribution in [0.25, 0.3) is 16.6 Å². The third-order valence-corrected chi connectivity index (χ3v) is 6.02. The number of aromatic amines is 2. The van der Waals surface area contributed by atoms with Gasteiger partial charge in [0.1, 0.15) is 17.1 Å². The number of methoxy groups -OCH3 is 2. The molecule has 1 atom stereocenters. The normalized spacial score (nSPS) is 15.5. The Balaban J connectivity index is 1.69. The molecule has 0 spiro atoms. The van der Waals surface area contributed by atoms with Gasteiger partial charge in [0.2, 0.25) is 5.88 Å². The van der Waals surface area contributed by atoms with E-state index in [0.29, 0.717) is 11.4 Å². The zero-order valence-electron chi connectivity index (χ0n) is 17.6. The molecule has 9 heteroatoms. The summed E-state index contributed by atoms with van der Waals surface area (Å²) in [7, 11) is 3.17. The van der Waals surface area contributed by atoms with Gasteiger partial charge in [0.05, 0.1) is 32.1 Å². The van der Waals surface area contributed by atoms with Gasteiger partial charge in [0.15, 0.2) is 6.04 Å². The first kappa shape index (κ1) is 20.0. The van der Waals surface area contributed by atoms with Crippen LogP contribution in [-0.4, -0.2) is 40.4 Å². The third kappa shape index (κ3) is 3.05. The van der Waals surface area contributed by atoms with Crippen molar-refractivity contribution < 1.29 is 19.9 Å². The Bertz CT molecular complexity index is 1430. The maximum atomic E-state index is 12.9. The second-order valence-electron chi connectivity index (χ2n) is 7.71. The standard InChI is InChI=1S/C23H22N4O5/c1-31-13-5-3-12(4-6-13)27-22(29)18(21(28)26-23(27)30)20-19-15(9-10-24-20)16-11-14(32-2)7-8-17(16)25-19/h3-8,11,20,24-25,29H,9-10H2,1-2H3,(H,26,28,30)/p+1/t20-/m0/s1. The van der Waals surface area contributed by atoms with Crippen LogP contribution in [0, 0.1) is 0 Å². The molecular weight excluding hydrogens is 412 g/mol. The van der Waals surface area contributed by atoms with Gasteiger partial charge < -0.3 is 24.9 Å². The number of hydrogen-bond acceptors (Lipinski definition) is 5. The van der Waals surface area contributed by atoms with Gasteiger partial charge in [-0.2, -0.15) is 0 Å². The van der Waals surface area contributed by atoms with Crippen LogP contribution in [0.2, 0.25) is 0 Å². The Morgan fingerprint density at radius 2 is 1.75 bits per heavy atom. The minimum Gasteiger partial charge on any atom is -0.497 e. The van der Waals surface area contributed by atoms with Gasteiger partial charge in [-0.1, -0.05) is 0 Å². The first-order valence-corrected chi connectivity index (χ1v) is 10.3. The lowest BCUT2D eigenvalue weighted by Gasteiger charge is -2.22. The summed E-state index contributed by atoms with van der Waals surface area (Å²) in [5, 5.41) is 14.1. The number of nitrogens with one attached hydrogen (secondary N) is 2. The monoisotopic (exact) mass is 435 g/mol. The fourth-order valence-corrected chi connectivity index (χ4v) is 4.47. The number of nitrogens with two attached hydrogens (primary N) is 1. The molecule has 1 aliphatic rings. The Labute approximate surface area is 182 Å². The number of fused-ring (bicyclic) bond motifs is 3. The lowest BCUT2D eigenvalue weighted by Crippen LogP contribution is -2.87. The minimum absolute atomic E-state index is 0.125. The topological polar surface area (TPSA) is 126 Å². The molecule has 1 aliphatic heterocycles. The van der Waals surface area contributed by atoms with E-state index in [-0.39, 0.29) is 11.4 Å². The molecular formula is C23H23N4O5+. The van der Waals surface area contributed by atoms with E-state index in [1.54, 1.807) is 38.5 Å². The first-order chi connectivity index (χ1) is 15.5. The highest BCUT2D eigenvalue weighted by atomic mass is 16.5. The van der Waals surface area contributed by atoms with Crippen molar-refractivity contribution in [1.82, 2.24) is 14.5 Å². The molecule has 0 fully saturated rings. The number of benzene rings is 2. The molecule has 3 heterocycles. The summed E-state index contributed by atoms with van der Waals surface area (Å²) in [6, 6.07) is 11.9. The Morgan fingerprint density at radius 1 is 1.03 bits per heavy atom. The van der Waals surface area contributed by atoms with Crippen molar-refractivity contribution in [1.29, 1.82) is 0 Å². The summed E-state index contributed by atoms with van der Waals surface area (Å²) in [6.07, 6.45) is 0.801. The molecule has 0 unspecified atom stereocenters. The van der Waals surface area contributed by atoms with E-state index in [1.165, 1.54) is 0 Å². The number of ether oxygens (including phenoxy) is 2. The van der Waals surface area contributed by atoms with E-state index in [4.69, 9.17) is 9.47 Å². The largest absolute Gasteiger partial charge is 0.497 e. The van der Waals surface area contributed by atoms with Gasteiger partial charge >= 0.3 is 5.69 Å². The van der Waals surface area contributed by atoms with Crippen molar-refractivity contribution >= 4 is 10.9 Å².